The van der Waals surface area contributed by atoms with Crippen molar-refractivity contribution in [2.75, 3.05) is 4.90 Å². The first-order valence-electron chi connectivity index (χ1n) is 15.1. The minimum Gasteiger partial charge on any atom is -0.458 e. The SMILES string of the molecule is C1=Cc2c(oc3cccc(N(c4ccc(-c5ccccc5)cc4)c4ccc5ccc6c7ccccc7ccc6c5c4)c23)CN1. The van der Waals surface area contributed by atoms with Crippen LogP contribution in [0.5, 0.6) is 0 Å². The zero-order valence-electron chi connectivity index (χ0n) is 24.0. The Labute approximate surface area is 255 Å². The molecular formula is C41H28N2O. The van der Waals surface area contributed by atoms with E-state index in [1.165, 1.54) is 43.4 Å². The highest BCUT2D eigenvalue weighted by Gasteiger charge is 2.23. The average molecular weight is 565 g/mol. The van der Waals surface area contributed by atoms with E-state index in [0.717, 1.165) is 39.4 Å². The van der Waals surface area contributed by atoms with Crippen molar-refractivity contribution < 1.29 is 4.42 Å². The second-order valence-corrected chi connectivity index (χ2v) is 11.4. The number of furan rings is 1. The first-order valence-corrected chi connectivity index (χ1v) is 15.1. The van der Waals surface area contributed by atoms with E-state index in [-0.39, 0.29) is 0 Å². The van der Waals surface area contributed by atoms with Crippen LogP contribution < -0.4 is 10.2 Å². The van der Waals surface area contributed by atoms with Gasteiger partial charge in [0.05, 0.1) is 17.6 Å². The molecule has 0 bridgehead atoms. The molecule has 7 aromatic carbocycles. The molecule has 44 heavy (non-hydrogen) atoms. The van der Waals surface area contributed by atoms with Gasteiger partial charge in [-0.15, -0.1) is 0 Å². The third-order valence-corrected chi connectivity index (χ3v) is 8.90. The van der Waals surface area contributed by atoms with Crippen LogP contribution in [0, 0.1) is 0 Å². The molecule has 2 heterocycles. The second kappa shape index (κ2) is 9.89. The minimum atomic E-state index is 0.682. The fraction of sp³-hybridized carbons (Fsp3) is 0.0244. The summed E-state index contributed by atoms with van der Waals surface area (Å²) in [5.41, 5.74) is 7.72. The monoisotopic (exact) mass is 564 g/mol. The van der Waals surface area contributed by atoms with E-state index >= 15 is 0 Å². The Bertz CT molecular complexity index is 2380. The van der Waals surface area contributed by atoms with Gasteiger partial charge in [0, 0.05) is 16.9 Å². The van der Waals surface area contributed by atoms with Gasteiger partial charge in [-0.3, -0.25) is 0 Å². The van der Waals surface area contributed by atoms with E-state index in [2.05, 4.69) is 156 Å². The Morgan fingerprint density at radius 2 is 1.25 bits per heavy atom. The van der Waals surface area contributed by atoms with Crippen molar-refractivity contribution in [3.05, 3.63) is 157 Å². The highest BCUT2D eigenvalue weighted by Crippen LogP contribution is 2.44. The van der Waals surface area contributed by atoms with Gasteiger partial charge in [-0.1, -0.05) is 103 Å². The van der Waals surface area contributed by atoms with Gasteiger partial charge in [0.25, 0.3) is 0 Å². The van der Waals surface area contributed by atoms with Crippen LogP contribution in [0.2, 0.25) is 0 Å². The molecule has 1 aromatic heterocycles. The molecule has 0 saturated carbocycles. The number of hydrogen-bond donors (Lipinski definition) is 1. The first-order chi connectivity index (χ1) is 21.8. The molecule has 0 spiro atoms. The van der Waals surface area contributed by atoms with Crippen molar-refractivity contribution in [3.63, 3.8) is 0 Å². The number of nitrogens with one attached hydrogen (secondary N) is 1. The van der Waals surface area contributed by atoms with Crippen LogP contribution >= 0.6 is 0 Å². The molecule has 0 atom stereocenters. The maximum atomic E-state index is 6.36. The van der Waals surface area contributed by atoms with Gasteiger partial charge < -0.3 is 14.6 Å². The largest absolute Gasteiger partial charge is 0.458 e. The van der Waals surface area contributed by atoms with E-state index < -0.39 is 0 Å². The molecule has 0 amide bonds. The maximum absolute atomic E-state index is 6.36. The quantitative estimate of drug-likeness (QED) is 0.216. The first kappa shape index (κ1) is 24.8. The number of nitrogens with zero attached hydrogens (tertiary/aromatic N) is 1. The normalized spacial score (nSPS) is 12.5. The highest BCUT2D eigenvalue weighted by atomic mass is 16.3. The summed E-state index contributed by atoms with van der Waals surface area (Å²) in [5.74, 6) is 0.964. The van der Waals surface area contributed by atoms with Gasteiger partial charge >= 0.3 is 0 Å². The van der Waals surface area contributed by atoms with Crippen molar-refractivity contribution in [1.29, 1.82) is 0 Å². The third kappa shape index (κ3) is 3.90. The van der Waals surface area contributed by atoms with Crippen molar-refractivity contribution >= 4 is 66.4 Å². The molecule has 1 aliphatic rings. The summed E-state index contributed by atoms with van der Waals surface area (Å²) in [6.07, 6.45) is 4.14. The standard InChI is InChI=1S/C41H28N2O/c1-2-7-27(8-3-1)28-13-18-31(19-14-28)43(38-11-6-12-39-41(38)36-23-24-42-26-40(36)44-39)32-20-15-30-17-21-34-33-10-5-4-9-29(33)16-22-35(34)37(30)25-32/h1-25,42H,26H2. The summed E-state index contributed by atoms with van der Waals surface area (Å²) in [5, 5.41) is 12.0. The van der Waals surface area contributed by atoms with E-state index in [9.17, 15) is 0 Å². The number of benzene rings is 7. The Morgan fingerprint density at radius 3 is 2.11 bits per heavy atom. The minimum absolute atomic E-state index is 0.682. The molecule has 0 unspecified atom stereocenters. The summed E-state index contributed by atoms with van der Waals surface area (Å²) < 4.78 is 6.36. The number of fused-ring (bicyclic) bond motifs is 8. The van der Waals surface area contributed by atoms with Crippen molar-refractivity contribution in [1.82, 2.24) is 5.32 Å². The topological polar surface area (TPSA) is 28.4 Å². The number of anilines is 3. The smallest absolute Gasteiger partial charge is 0.137 e. The van der Waals surface area contributed by atoms with Gasteiger partial charge in [0.15, 0.2) is 0 Å². The fourth-order valence-electron chi connectivity index (χ4n) is 6.80. The summed E-state index contributed by atoms with van der Waals surface area (Å²) in [4.78, 5) is 2.38. The van der Waals surface area contributed by atoms with Gasteiger partial charge in [0.1, 0.15) is 11.3 Å². The van der Waals surface area contributed by atoms with Crippen LogP contribution in [0.3, 0.4) is 0 Å². The molecule has 9 rings (SSSR count). The predicted octanol–water partition coefficient (Wildman–Crippen LogP) is 11.1. The number of rotatable bonds is 4. The van der Waals surface area contributed by atoms with Gasteiger partial charge in [-0.2, -0.15) is 0 Å². The van der Waals surface area contributed by atoms with Crippen molar-refractivity contribution in [3.8, 4) is 11.1 Å². The zero-order valence-corrected chi connectivity index (χ0v) is 24.0. The van der Waals surface area contributed by atoms with Crippen LogP contribution in [0.25, 0.3) is 60.5 Å². The van der Waals surface area contributed by atoms with E-state index in [1.54, 1.807) is 0 Å². The Kier molecular flexibility index (Phi) is 5.57. The third-order valence-electron chi connectivity index (χ3n) is 8.90. The summed E-state index contributed by atoms with van der Waals surface area (Å²) in [7, 11) is 0. The molecule has 8 aromatic rings. The van der Waals surface area contributed by atoms with Crippen molar-refractivity contribution in [2.45, 2.75) is 6.54 Å². The maximum Gasteiger partial charge on any atom is 0.137 e. The van der Waals surface area contributed by atoms with Crippen molar-refractivity contribution in [2.24, 2.45) is 0 Å². The lowest BCUT2D eigenvalue weighted by molar-refractivity contribution is 0.532. The predicted molar refractivity (Wildman–Crippen MR) is 185 cm³/mol. The molecule has 0 saturated heterocycles. The molecule has 0 fully saturated rings. The van der Waals surface area contributed by atoms with Gasteiger partial charge in [-0.05, 0) is 92.1 Å². The lowest BCUT2D eigenvalue weighted by Gasteiger charge is -2.27. The number of hydrogen-bond acceptors (Lipinski definition) is 3. The van der Waals surface area contributed by atoms with Crippen LogP contribution in [0.4, 0.5) is 17.1 Å². The van der Waals surface area contributed by atoms with E-state index in [1.807, 2.05) is 6.20 Å². The van der Waals surface area contributed by atoms with Crippen LogP contribution in [-0.4, -0.2) is 0 Å². The molecule has 3 nitrogen and oxygen atoms in total. The molecule has 1 aliphatic heterocycles. The lowest BCUT2D eigenvalue weighted by atomic mass is 9.96. The Hall–Kier alpha value is -5.80. The summed E-state index contributed by atoms with van der Waals surface area (Å²) in [6, 6.07) is 50.3. The fourth-order valence-corrected chi connectivity index (χ4v) is 6.80. The van der Waals surface area contributed by atoms with E-state index in [4.69, 9.17) is 4.42 Å². The molecular weight excluding hydrogens is 536 g/mol. The molecule has 0 aliphatic carbocycles. The van der Waals surface area contributed by atoms with E-state index in [0.29, 0.717) is 6.54 Å². The summed E-state index contributed by atoms with van der Waals surface area (Å²) >= 11 is 0. The van der Waals surface area contributed by atoms with Gasteiger partial charge in [-0.25, -0.2) is 0 Å². The van der Waals surface area contributed by atoms with Crippen LogP contribution in [0.15, 0.2) is 150 Å². The van der Waals surface area contributed by atoms with Crippen LogP contribution in [0.1, 0.15) is 11.3 Å². The lowest BCUT2D eigenvalue weighted by Crippen LogP contribution is -2.11. The molecule has 3 heteroatoms. The van der Waals surface area contributed by atoms with Gasteiger partial charge in [0.2, 0.25) is 0 Å². The average Bonchev–Trinajstić information content (AvgIpc) is 3.48. The molecule has 208 valence electrons. The second-order valence-electron chi connectivity index (χ2n) is 11.4. The van der Waals surface area contributed by atoms with Crippen LogP contribution in [-0.2, 0) is 6.54 Å². The zero-order chi connectivity index (χ0) is 29.0. The molecule has 0 radical (unpaired) electrons. The Balaban J connectivity index is 1.29. The molecule has 1 N–H and O–H groups in total. The Morgan fingerprint density at radius 1 is 0.545 bits per heavy atom. The highest BCUT2D eigenvalue weighted by molar-refractivity contribution is 6.18. The summed E-state index contributed by atoms with van der Waals surface area (Å²) in [6.45, 7) is 0.682.